The van der Waals surface area contributed by atoms with Gasteiger partial charge in [-0.2, -0.15) is 11.8 Å². The third kappa shape index (κ3) is 4.25. The van der Waals surface area contributed by atoms with E-state index in [0.717, 1.165) is 22.2 Å². The summed E-state index contributed by atoms with van der Waals surface area (Å²) in [5.74, 6) is 1.33. The second-order valence-electron chi connectivity index (χ2n) is 4.15. The number of thioether (sulfide) groups is 1. The van der Waals surface area contributed by atoms with Crippen molar-refractivity contribution in [3.05, 3.63) is 64.4 Å². The molecule has 1 aromatic heterocycles. The first-order valence-electron chi connectivity index (χ1n) is 6.04. The fourth-order valence-corrected chi connectivity index (χ4v) is 2.64. The summed E-state index contributed by atoms with van der Waals surface area (Å²) in [6, 6.07) is 11.4. The van der Waals surface area contributed by atoms with Gasteiger partial charge in [-0.05, 0) is 29.8 Å². The van der Waals surface area contributed by atoms with Crippen molar-refractivity contribution in [1.29, 1.82) is 0 Å². The second-order valence-corrected chi connectivity index (χ2v) is 5.57. The second kappa shape index (κ2) is 7.31. The van der Waals surface area contributed by atoms with Gasteiger partial charge in [-0.1, -0.05) is 23.7 Å². The fraction of sp³-hybridized carbons (Fsp3) is 0.200. The van der Waals surface area contributed by atoms with Crippen molar-refractivity contribution in [2.24, 2.45) is 0 Å². The van der Waals surface area contributed by atoms with Crippen molar-refractivity contribution in [2.45, 2.75) is 11.5 Å². The molecule has 20 heavy (non-hydrogen) atoms. The summed E-state index contributed by atoms with van der Waals surface area (Å²) in [6.45, 7) is 0. The molecular weight excluding hydrogens is 294 g/mol. The molecule has 2 aromatic rings. The minimum absolute atomic E-state index is 0.363. The summed E-state index contributed by atoms with van der Waals surface area (Å²) in [4.78, 5) is 15.5. The molecule has 0 aliphatic rings. The number of halogens is 1. The van der Waals surface area contributed by atoms with Crippen LogP contribution in [0.5, 0.6) is 0 Å². The monoisotopic (exact) mass is 307 g/mol. The Morgan fingerprint density at radius 3 is 2.55 bits per heavy atom. The molecule has 0 spiro atoms. The first kappa shape index (κ1) is 14.9. The van der Waals surface area contributed by atoms with Gasteiger partial charge in [0.05, 0.1) is 18.4 Å². The first-order valence-corrected chi connectivity index (χ1v) is 7.58. The summed E-state index contributed by atoms with van der Waals surface area (Å²) < 4.78 is 4.63. The lowest BCUT2D eigenvalue weighted by molar-refractivity contribution is 0.0600. The van der Waals surface area contributed by atoms with Crippen molar-refractivity contribution in [1.82, 2.24) is 4.98 Å². The average molecular weight is 308 g/mol. The van der Waals surface area contributed by atoms with Gasteiger partial charge in [-0.15, -0.1) is 0 Å². The zero-order valence-corrected chi connectivity index (χ0v) is 12.6. The van der Waals surface area contributed by atoms with Gasteiger partial charge < -0.3 is 4.74 Å². The maximum absolute atomic E-state index is 11.3. The minimum Gasteiger partial charge on any atom is -0.465 e. The topological polar surface area (TPSA) is 39.2 Å². The highest BCUT2D eigenvalue weighted by Gasteiger charge is 2.05. The lowest BCUT2D eigenvalue weighted by Gasteiger charge is -2.03. The molecule has 0 radical (unpaired) electrons. The van der Waals surface area contributed by atoms with Crippen LogP contribution in [0.15, 0.2) is 42.6 Å². The van der Waals surface area contributed by atoms with E-state index in [2.05, 4.69) is 9.72 Å². The number of ether oxygens (including phenoxy) is 1. The summed E-state index contributed by atoms with van der Waals surface area (Å²) >= 11 is 7.60. The largest absolute Gasteiger partial charge is 0.465 e. The quantitative estimate of drug-likeness (QED) is 0.784. The number of rotatable bonds is 5. The molecule has 5 heteroatoms. The number of hydrogen-bond acceptors (Lipinski definition) is 4. The van der Waals surface area contributed by atoms with Crippen molar-refractivity contribution >= 4 is 29.3 Å². The number of hydrogen-bond donors (Lipinski definition) is 0. The van der Waals surface area contributed by atoms with Crippen LogP contribution < -0.4 is 0 Å². The lowest BCUT2D eigenvalue weighted by Crippen LogP contribution is -2.02. The smallest absolute Gasteiger partial charge is 0.339 e. The van der Waals surface area contributed by atoms with E-state index in [1.807, 2.05) is 30.3 Å². The molecule has 2 rings (SSSR count). The van der Waals surface area contributed by atoms with Crippen LogP contribution in [0.25, 0.3) is 0 Å². The zero-order chi connectivity index (χ0) is 14.4. The third-order valence-corrected chi connectivity index (χ3v) is 3.97. The molecule has 1 heterocycles. The number of carbonyl (C=O) groups is 1. The summed E-state index contributed by atoms with van der Waals surface area (Å²) in [5.41, 5.74) is 2.64. The van der Waals surface area contributed by atoms with Crippen LogP contribution >= 0.6 is 23.4 Å². The molecule has 0 saturated heterocycles. The molecule has 0 fully saturated rings. The summed E-state index contributed by atoms with van der Waals surface area (Å²) in [7, 11) is 1.36. The standard InChI is InChI=1S/C15H14ClNO2S/c1-19-15(18)12-4-7-14(17-8-12)10-20-9-11-2-5-13(16)6-3-11/h2-8H,9-10H2,1H3. The average Bonchev–Trinajstić information content (AvgIpc) is 2.49. The van der Waals surface area contributed by atoms with Crippen LogP contribution in [0.1, 0.15) is 21.6 Å². The zero-order valence-electron chi connectivity index (χ0n) is 11.0. The predicted molar refractivity (Wildman–Crippen MR) is 82.0 cm³/mol. The van der Waals surface area contributed by atoms with E-state index in [1.165, 1.54) is 12.7 Å². The molecule has 0 aliphatic heterocycles. The van der Waals surface area contributed by atoms with Gasteiger partial charge in [0.1, 0.15) is 0 Å². The van der Waals surface area contributed by atoms with Crippen LogP contribution in [-0.4, -0.2) is 18.1 Å². The molecule has 3 nitrogen and oxygen atoms in total. The maximum atomic E-state index is 11.3. The van der Waals surface area contributed by atoms with Crippen LogP contribution in [0.3, 0.4) is 0 Å². The minimum atomic E-state index is -0.363. The molecule has 0 saturated carbocycles. The highest BCUT2D eigenvalue weighted by atomic mass is 35.5. The highest BCUT2D eigenvalue weighted by Crippen LogP contribution is 2.18. The molecule has 0 atom stereocenters. The predicted octanol–water partition coefficient (Wildman–Crippen LogP) is 3.96. The number of benzene rings is 1. The Balaban J connectivity index is 1.85. The van der Waals surface area contributed by atoms with E-state index in [4.69, 9.17) is 11.6 Å². The summed E-state index contributed by atoms with van der Waals surface area (Å²) in [6.07, 6.45) is 1.55. The van der Waals surface area contributed by atoms with Crippen molar-refractivity contribution in [3.8, 4) is 0 Å². The Hall–Kier alpha value is -1.52. The molecule has 0 unspecified atom stereocenters. The van der Waals surface area contributed by atoms with Crippen molar-refractivity contribution in [3.63, 3.8) is 0 Å². The van der Waals surface area contributed by atoms with Gasteiger partial charge >= 0.3 is 5.97 Å². The fourth-order valence-electron chi connectivity index (χ4n) is 1.60. The normalized spacial score (nSPS) is 10.3. The summed E-state index contributed by atoms with van der Waals surface area (Å²) in [5, 5.41) is 0.749. The van der Waals surface area contributed by atoms with Crippen LogP contribution in [0, 0.1) is 0 Å². The van der Waals surface area contributed by atoms with E-state index in [-0.39, 0.29) is 5.97 Å². The van der Waals surface area contributed by atoms with Crippen molar-refractivity contribution < 1.29 is 9.53 Å². The molecular formula is C15H14ClNO2S. The van der Waals surface area contributed by atoms with Gasteiger partial charge in [-0.25, -0.2) is 4.79 Å². The van der Waals surface area contributed by atoms with Gasteiger partial charge in [-0.3, -0.25) is 4.98 Å². The third-order valence-electron chi connectivity index (χ3n) is 2.68. The van der Waals surface area contributed by atoms with Crippen LogP contribution in [-0.2, 0) is 16.2 Å². The number of nitrogens with zero attached hydrogens (tertiary/aromatic N) is 1. The Bertz CT molecular complexity index is 569. The number of aromatic nitrogens is 1. The maximum Gasteiger partial charge on any atom is 0.339 e. The Morgan fingerprint density at radius 1 is 1.20 bits per heavy atom. The van der Waals surface area contributed by atoms with Crippen LogP contribution in [0.2, 0.25) is 5.02 Å². The van der Waals surface area contributed by atoms with E-state index < -0.39 is 0 Å². The van der Waals surface area contributed by atoms with Gasteiger partial charge in [0.2, 0.25) is 0 Å². The van der Waals surface area contributed by atoms with Gasteiger partial charge in [0.25, 0.3) is 0 Å². The van der Waals surface area contributed by atoms with Crippen LogP contribution in [0.4, 0.5) is 0 Å². The molecule has 0 N–H and O–H groups in total. The SMILES string of the molecule is COC(=O)c1ccc(CSCc2ccc(Cl)cc2)nc1. The van der Waals surface area contributed by atoms with E-state index in [1.54, 1.807) is 24.0 Å². The lowest BCUT2D eigenvalue weighted by atomic mass is 10.2. The van der Waals surface area contributed by atoms with E-state index in [9.17, 15) is 4.79 Å². The molecule has 104 valence electrons. The Kier molecular flexibility index (Phi) is 5.44. The number of carbonyl (C=O) groups excluding carboxylic acids is 1. The van der Waals surface area contributed by atoms with Crippen molar-refractivity contribution in [2.75, 3.05) is 7.11 Å². The molecule has 0 bridgehead atoms. The highest BCUT2D eigenvalue weighted by molar-refractivity contribution is 7.97. The Labute approximate surface area is 127 Å². The number of esters is 1. The van der Waals surface area contributed by atoms with Gasteiger partial charge in [0, 0.05) is 22.7 Å². The molecule has 1 aromatic carbocycles. The number of methoxy groups -OCH3 is 1. The molecule has 0 amide bonds. The van der Waals surface area contributed by atoms with Gasteiger partial charge in [0.15, 0.2) is 0 Å². The van der Waals surface area contributed by atoms with E-state index in [0.29, 0.717) is 5.56 Å². The number of pyridine rings is 1. The Morgan fingerprint density at radius 2 is 1.95 bits per heavy atom. The molecule has 0 aliphatic carbocycles. The first-order chi connectivity index (χ1) is 9.69. The van der Waals surface area contributed by atoms with E-state index >= 15 is 0 Å².